The fraction of sp³-hybridized carbons (Fsp3) is 0.263. The Kier molecular flexibility index (Phi) is 3.18. The van der Waals surface area contributed by atoms with E-state index in [1.807, 2.05) is 24.3 Å². The van der Waals surface area contributed by atoms with Gasteiger partial charge in [0.05, 0.1) is 5.54 Å². The predicted molar refractivity (Wildman–Crippen MR) is 86.2 cm³/mol. The van der Waals surface area contributed by atoms with Gasteiger partial charge >= 0.3 is 6.09 Å². The van der Waals surface area contributed by atoms with E-state index in [1.54, 1.807) is 0 Å². The average molecular weight is 307 g/mol. The molecule has 0 aliphatic heterocycles. The summed E-state index contributed by atoms with van der Waals surface area (Å²) in [5, 5.41) is 2.66. The number of amides is 1. The highest BCUT2D eigenvalue weighted by molar-refractivity contribution is 5.80. The number of nitrogens with one attached hydrogen (secondary N) is 1. The van der Waals surface area contributed by atoms with Gasteiger partial charge in [-0.1, -0.05) is 48.5 Å². The van der Waals surface area contributed by atoms with E-state index in [4.69, 9.17) is 4.74 Å². The smallest absolute Gasteiger partial charge is 0.407 e. The van der Waals surface area contributed by atoms with E-state index in [2.05, 4.69) is 29.6 Å². The summed E-state index contributed by atoms with van der Waals surface area (Å²) in [6, 6.07) is 16.4. The summed E-state index contributed by atoms with van der Waals surface area (Å²) >= 11 is 0. The molecule has 1 N–H and O–H groups in total. The molecule has 0 unspecified atom stereocenters. The van der Waals surface area contributed by atoms with E-state index >= 15 is 0 Å². The van der Waals surface area contributed by atoms with Crippen LogP contribution in [0.3, 0.4) is 0 Å². The van der Waals surface area contributed by atoms with Crippen LogP contribution in [0.5, 0.6) is 0 Å². The Morgan fingerprint density at radius 3 is 2.17 bits per heavy atom. The molecule has 0 radical (unpaired) electrons. The summed E-state index contributed by atoms with van der Waals surface area (Å²) in [7, 11) is 0. The molecular formula is C19H17NO3. The first-order valence-electron chi connectivity index (χ1n) is 7.82. The molecule has 1 fully saturated rings. The summed E-state index contributed by atoms with van der Waals surface area (Å²) in [6.45, 7) is 0.273. The molecule has 2 aliphatic rings. The second-order valence-electron chi connectivity index (χ2n) is 6.22. The predicted octanol–water partition coefficient (Wildman–Crippen LogP) is 3.26. The van der Waals surface area contributed by atoms with E-state index in [1.165, 1.54) is 22.3 Å². The van der Waals surface area contributed by atoms with E-state index in [0.29, 0.717) is 12.8 Å². The molecule has 1 saturated carbocycles. The number of hydrogen-bond acceptors (Lipinski definition) is 3. The minimum atomic E-state index is -0.678. The number of alkyl carbamates (subject to hydrolysis) is 1. The van der Waals surface area contributed by atoms with Gasteiger partial charge in [0.2, 0.25) is 0 Å². The van der Waals surface area contributed by atoms with Crippen molar-refractivity contribution in [2.45, 2.75) is 24.3 Å². The van der Waals surface area contributed by atoms with Gasteiger partial charge in [-0.15, -0.1) is 0 Å². The lowest BCUT2D eigenvalue weighted by atomic mass is 9.98. The van der Waals surface area contributed by atoms with Crippen LogP contribution in [0.25, 0.3) is 11.1 Å². The molecule has 0 heterocycles. The molecule has 4 nitrogen and oxygen atoms in total. The summed E-state index contributed by atoms with van der Waals surface area (Å²) in [5.41, 5.74) is 4.08. The van der Waals surface area contributed by atoms with Crippen LogP contribution < -0.4 is 5.32 Å². The zero-order chi connectivity index (χ0) is 15.9. The van der Waals surface area contributed by atoms with Crippen molar-refractivity contribution in [2.75, 3.05) is 6.61 Å². The van der Waals surface area contributed by atoms with Crippen molar-refractivity contribution >= 4 is 12.4 Å². The Labute approximate surface area is 134 Å². The molecule has 0 saturated heterocycles. The van der Waals surface area contributed by atoms with Crippen LogP contribution >= 0.6 is 0 Å². The number of benzene rings is 2. The maximum absolute atomic E-state index is 11.9. The van der Waals surface area contributed by atoms with Crippen molar-refractivity contribution in [3.8, 4) is 11.1 Å². The number of carbonyl (C=O) groups excluding carboxylic acids is 2. The van der Waals surface area contributed by atoms with Gasteiger partial charge in [-0.2, -0.15) is 0 Å². The molecule has 2 aromatic rings. The third-order valence-electron chi connectivity index (χ3n) is 4.71. The summed E-state index contributed by atoms with van der Waals surface area (Å²) in [6.07, 6.45) is 1.67. The molecule has 0 aromatic heterocycles. The SMILES string of the molecule is O=CC1(NC(=O)OCC2c3ccccc3-c3ccccc32)CC1. The van der Waals surface area contributed by atoms with Crippen LogP contribution in [0, 0.1) is 0 Å². The fourth-order valence-corrected chi connectivity index (χ4v) is 3.24. The molecule has 2 aromatic carbocycles. The van der Waals surface area contributed by atoms with E-state index in [0.717, 1.165) is 6.29 Å². The zero-order valence-electron chi connectivity index (χ0n) is 12.6. The summed E-state index contributed by atoms with van der Waals surface area (Å²) in [4.78, 5) is 22.9. The average Bonchev–Trinajstić information content (AvgIpc) is 3.28. The molecule has 4 rings (SSSR count). The Hall–Kier alpha value is -2.62. The maximum Gasteiger partial charge on any atom is 0.407 e. The molecule has 116 valence electrons. The molecule has 0 spiro atoms. The highest BCUT2D eigenvalue weighted by Crippen LogP contribution is 2.44. The summed E-state index contributed by atoms with van der Waals surface area (Å²) < 4.78 is 5.41. The second kappa shape index (κ2) is 5.23. The standard InChI is InChI=1S/C19H17NO3/c21-12-19(9-10-19)20-18(22)23-11-17-15-7-3-1-5-13(15)14-6-2-4-8-16(14)17/h1-8,12,17H,9-11H2,(H,20,22). The Morgan fingerprint density at radius 1 is 1.09 bits per heavy atom. The molecule has 0 bridgehead atoms. The topological polar surface area (TPSA) is 55.4 Å². The van der Waals surface area contributed by atoms with Crippen molar-refractivity contribution in [1.29, 1.82) is 0 Å². The lowest BCUT2D eigenvalue weighted by Crippen LogP contribution is -2.38. The Bertz CT molecular complexity index is 734. The monoisotopic (exact) mass is 307 g/mol. The Morgan fingerprint density at radius 2 is 1.65 bits per heavy atom. The van der Waals surface area contributed by atoms with Gasteiger partial charge < -0.3 is 14.8 Å². The van der Waals surface area contributed by atoms with Gasteiger partial charge in [-0.25, -0.2) is 4.79 Å². The van der Waals surface area contributed by atoms with Crippen molar-refractivity contribution in [3.05, 3.63) is 59.7 Å². The molecule has 1 amide bonds. The zero-order valence-corrected chi connectivity index (χ0v) is 12.6. The van der Waals surface area contributed by atoms with Crippen LogP contribution in [0.15, 0.2) is 48.5 Å². The molecular weight excluding hydrogens is 290 g/mol. The number of rotatable bonds is 4. The third kappa shape index (κ3) is 2.40. The van der Waals surface area contributed by atoms with Gasteiger partial charge in [-0.05, 0) is 35.1 Å². The maximum atomic E-state index is 11.9. The van der Waals surface area contributed by atoms with Crippen LogP contribution in [-0.2, 0) is 9.53 Å². The number of hydrogen-bond donors (Lipinski definition) is 1. The van der Waals surface area contributed by atoms with Crippen molar-refractivity contribution in [3.63, 3.8) is 0 Å². The lowest BCUT2D eigenvalue weighted by molar-refractivity contribution is -0.110. The number of fused-ring (bicyclic) bond motifs is 3. The normalized spacial score (nSPS) is 17.0. The largest absolute Gasteiger partial charge is 0.449 e. The minimum absolute atomic E-state index is 0.0412. The number of ether oxygens (including phenoxy) is 1. The van der Waals surface area contributed by atoms with Gasteiger partial charge in [0.1, 0.15) is 12.9 Å². The van der Waals surface area contributed by atoms with E-state index in [-0.39, 0.29) is 12.5 Å². The van der Waals surface area contributed by atoms with Crippen molar-refractivity contribution in [1.82, 2.24) is 5.32 Å². The third-order valence-corrected chi connectivity index (χ3v) is 4.71. The molecule has 0 atom stereocenters. The second-order valence-corrected chi connectivity index (χ2v) is 6.22. The molecule has 23 heavy (non-hydrogen) atoms. The van der Waals surface area contributed by atoms with Gasteiger partial charge in [-0.3, -0.25) is 0 Å². The first-order valence-corrected chi connectivity index (χ1v) is 7.82. The van der Waals surface area contributed by atoms with Crippen LogP contribution in [0.2, 0.25) is 0 Å². The minimum Gasteiger partial charge on any atom is -0.449 e. The highest BCUT2D eigenvalue weighted by atomic mass is 16.5. The van der Waals surface area contributed by atoms with Crippen LogP contribution in [-0.4, -0.2) is 24.5 Å². The van der Waals surface area contributed by atoms with Gasteiger partial charge in [0.25, 0.3) is 0 Å². The Balaban J connectivity index is 1.53. The number of aldehydes is 1. The first kappa shape index (κ1) is 14.0. The van der Waals surface area contributed by atoms with Crippen molar-refractivity contribution < 1.29 is 14.3 Å². The highest BCUT2D eigenvalue weighted by Gasteiger charge is 2.44. The van der Waals surface area contributed by atoms with E-state index in [9.17, 15) is 9.59 Å². The lowest BCUT2D eigenvalue weighted by Gasteiger charge is -2.16. The van der Waals surface area contributed by atoms with Crippen LogP contribution in [0.4, 0.5) is 4.79 Å². The first-order chi connectivity index (χ1) is 11.2. The van der Waals surface area contributed by atoms with E-state index < -0.39 is 11.6 Å². The van der Waals surface area contributed by atoms with Crippen molar-refractivity contribution in [2.24, 2.45) is 0 Å². The molecule has 4 heteroatoms. The summed E-state index contributed by atoms with van der Waals surface area (Å²) in [5.74, 6) is 0.0412. The fourth-order valence-electron chi connectivity index (χ4n) is 3.24. The van der Waals surface area contributed by atoms with Gasteiger partial charge in [0, 0.05) is 5.92 Å². The number of carbonyl (C=O) groups is 2. The molecule has 2 aliphatic carbocycles. The van der Waals surface area contributed by atoms with Crippen LogP contribution in [0.1, 0.15) is 29.9 Å². The quantitative estimate of drug-likeness (QED) is 0.882. The van der Waals surface area contributed by atoms with Gasteiger partial charge in [0.15, 0.2) is 0 Å².